The van der Waals surface area contributed by atoms with Crippen LogP contribution in [0.1, 0.15) is 23.0 Å². The van der Waals surface area contributed by atoms with Crippen molar-refractivity contribution in [3.05, 3.63) is 52.3 Å². The number of anilines is 1. The molecule has 18 heavy (non-hydrogen) atoms. The van der Waals surface area contributed by atoms with Crippen LogP contribution in [0.2, 0.25) is 0 Å². The van der Waals surface area contributed by atoms with Gasteiger partial charge in [-0.3, -0.25) is 4.79 Å². The molecule has 0 aliphatic rings. The smallest absolute Gasteiger partial charge is 0.272 e. The largest absolute Gasteiger partial charge is 0.343 e. The molecule has 0 fully saturated rings. The third-order valence-electron chi connectivity index (χ3n) is 2.83. The van der Waals surface area contributed by atoms with Gasteiger partial charge in [0.05, 0.1) is 0 Å². The molecule has 0 saturated carbocycles. The SMILES string of the molecule is CCn1cc(Br)cc1C(=O)Nc1ccccc1C. The first-order chi connectivity index (χ1) is 8.61. The van der Waals surface area contributed by atoms with Gasteiger partial charge in [0.15, 0.2) is 0 Å². The van der Waals surface area contributed by atoms with Gasteiger partial charge in [-0.2, -0.15) is 0 Å². The monoisotopic (exact) mass is 306 g/mol. The van der Waals surface area contributed by atoms with Gasteiger partial charge in [0, 0.05) is 22.9 Å². The minimum Gasteiger partial charge on any atom is -0.343 e. The molecule has 4 heteroatoms. The van der Waals surface area contributed by atoms with Crippen molar-refractivity contribution in [2.24, 2.45) is 0 Å². The molecule has 0 radical (unpaired) electrons. The second kappa shape index (κ2) is 5.40. The average molecular weight is 307 g/mol. The van der Waals surface area contributed by atoms with Gasteiger partial charge in [-0.15, -0.1) is 0 Å². The van der Waals surface area contributed by atoms with Crippen LogP contribution in [0, 0.1) is 6.92 Å². The molecule has 2 rings (SSSR count). The molecular formula is C14H15BrN2O. The Morgan fingerprint density at radius 1 is 1.39 bits per heavy atom. The van der Waals surface area contributed by atoms with Crippen LogP contribution in [-0.2, 0) is 6.54 Å². The summed E-state index contributed by atoms with van der Waals surface area (Å²) in [6, 6.07) is 9.58. The average Bonchev–Trinajstić information content (AvgIpc) is 2.73. The Morgan fingerprint density at radius 3 is 2.78 bits per heavy atom. The van der Waals surface area contributed by atoms with E-state index in [4.69, 9.17) is 0 Å². The Morgan fingerprint density at radius 2 is 2.11 bits per heavy atom. The molecule has 0 spiro atoms. The molecule has 0 aliphatic heterocycles. The second-order valence-corrected chi connectivity index (χ2v) is 5.01. The van der Waals surface area contributed by atoms with Crippen molar-refractivity contribution in [2.45, 2.75) is 20.4 Å². The van der Waals surface area contributed by atoms with E-state index < -0.39 is 0 Å². The predicted molar refractivity (Wildman–Crippen MR) is 76.9 cm³/mol. The van der Waals surface area contributed by atoms with E-state index >= 15 is 0 Å². The molecule has 0 aliphatic carbocycles. The summed E-state index contributed by atoms with van der Waals surface area (Å²) >= 11 is 3.39. The zero-order valence-electron chi connectivity index (χ0n) is 10.4. The summed E-state index contributed by atoms with van der Waals surface area (Å²) in [5, 5.41) is 2.93. The Bertz CT molecular complexity index is 575. The van der Waals surface area contributed by atoms with E-state index in [2.05, 4.69) is 21.2 Å². The third-order valence-corrected chi connectivity index (χ3v) is 3.26. The highest BCUT2D eigenvalue weighted by molar-refractivity contribution is 9.10. The molecule has 0 unspecified atom stereocenters. The van der Waals surface area contributed by atoms with E-state index in [1.807, 2.05) is 54.9 Å². The zero-order chi connectivity index (χ0) is 13.1. The number of carbonyl (C=O) groups excluding carboxylic acids is 1. The van der Waals surface area contributed by atoms with Gasteiger partial charge >= 0.3 is 0 Å². The Labute approximate surface area is 115 Å². The minimum absolute atomic E-state index is 0.0862. The molecule has 3 nitrogen and oxygen atoms in total. The van der Waals surface area contributed by atoms with Gasteiger partial charge in [-0.05, 0) is 47.5 Å². The molecule has 0 bridgehead atoms. The second-order valence-electron chi connectivity index (χ2n) is 4.10. The van der Waals surface area contributed by atoms with Crippen LogP contribution in [-0.4, -0.2) is 10.5 Å². The number of aryl methyl sites for hydroxylation is 2. The number of hydrogen-bond donors (Lipinski definition) is 1. The fourth-order valence-electron chi connectivity index (χ4n) is 1.83. The number of hydrogen-bond acceptors (Lipinski definition) is 1. The number of nitrogens with zero attached hydrogens (tertiary/aromatic N) is 1. The van der Waals surface area contributed by atoms with Crippen LogP contribution in [0.3, 0.4) is 0 Å². The van der Waals surface area contributed by atoms with Gasteiger partial charge in [-0.25, -0.2) is 0 Å². The maximum Gasteiger partial charge on any atom is 0.272 e. The standard InChI is InChI=1S/C14H15BrN2O/c1-3-17-9-11(15)8-13(17)14(18)16-12-7-5-4-6-10(12)2/h4-9H,3H2,1-2H3,(H,16,18). The summed E-state index contributed by atoms with van der Waals surface area (Å²) in [7, 11) is 0. The van der Waals surface area contributed by atoms with Gasteiger partial charge in [0.1, 0.15) is 5.69 Å². The maximum atomic E-state index is 12.2. The van der Waals surface area contributed by atoms with Crippen LogP contribution in [0.4, 0.5) is 5.69 Å². The number of aromatic nitrogens is 1. The van der Waals surface area contributed by atoms with E-state index in [0.29, 0.717) is 5.69 Å². The molecule has 94 valence electrons. The number of para-hydroxylation sites is 1. The molecule has 0 atom stereocenters. The van der Waals surface area contributed by atoms with E-state index in [-0.39, 0.29) is 5.91 Å². The predicted octanol–water partition coefficient (Wildman–Crippen LogP) is 3.83. The van der Waals surface area contributed by atoms with E-state index in [1.165, 1.54) is 0 Å². The highest BCUT2D eigenvalue weighted by atomic mass is 79.9. The fourth-order valence-corrected chi connectivity index (χ4v) is 2.29. The summed E-state index contributed by atoms with van der Waals surface area (Å²) in [6.45, 7) is 4.75. The van der Waals surface area contributed by atoms with Gasteiger partial charge in [0.2, 0.25) is 0 Å². The molecule has 1 aromatic heterocycles. The molecule has 1 aromatic carbocycles. The number of carbonyl (C=O) groups is 1. The summed E-state index contributed by atoms with van der Waals surface area (Å²) in [5.41, 5.74) is 2.56. The van der Waals surface area contributed by atoms with Gasteiger partial charge in [0.25, 0.3) is 5.91 Å². The molecular weight excluding hydrogens is 292 g/mol. The molecule has 1 N–H and O–H groups in total. The van der Waals surface area contributed by atoms with Gasteiger partial charge < -0.3 is 9.88 Å². The van der Waals surface area contributed by atoms with Crippen molar-refractivity contribution < 1.29 is 4.79 Å². The van der Waals surface area contributed by atoms with Crippen molar-refractivity contribution in [1.29, 1.82) is 0 Å². The maximum absolute atomic E-state index is 12.2. The van der Waals surface area contributed by atoms with Crippen molar-refractivity contribution in [3.8, 4) is 0 Å². The molecule has 2 aromatic rings. The lowest BCUT2D eigenvalue weighted by molar-refractivity contribution is 0.101. The van der Waals surface area contributed by atoms with Crippen molar-refractivity contribution in [2.75, 3.05) is 5.32 Å². The Balaban J connectivity index is 2.25. The van der Waals surface area contributed by atoms with Crippen LogP contribution in [0.15, 0.2) is 41.0 Å². The van der Waals surface area contributed by atoms with E-state index in [9.17, 15) is 4.79 Å². The van der Waals surface area contributed by atoms with Crippen LogP contribution in [0.25, 0.3) is 0 Å². The summed E-state index contributed by atoms with van der Waals surface area (Å²) in [4.78, 5) is 12.2. The lowest BCUT2D eigenvalue weighted by atomic mass is 10.2. The number of benzene rings is 1. The van der Waals surface area contributed by atoms with Crippen molar-refractivity contribution >= 4 is 27.5 Å². The quantitative estimate of drug-likeness (QED) is 0.918. The Kier molecular flexibility index (Phi) is 3.87. The number of amides is 1. The summed E-state index contributed by atoms with van der Waals surface area (Å²) in [6.07, 6.45) is 1.91. The molecule has 1 amide bonds. The molecule has 0 saturated heterocycles. The first-order valence-corrected chi connectivity index (χ1v) is 6.63. The fraction of sp³-hybridized carbons (Fsp3) is 0.214. The Hall–Kier alpha value is -1.55. The highest BCUT2D eigenvalue weighted by Gasteiger charge is 2.12. The van der Waals surface area contributed by atoms with Crippen LogP contribution < -0.4 is 5.32 Å². The zero-order valence-corrected chi connectivity index (χ0v) is 12.0. The summed E-state index contributed by atoms with van der Waals surface area (Å²) in [5.74, 6) is -0.0862. The van der Waals surface area contributed by atoms with E-state index in [1.54, 1.807) is 0 Å². The van der Waals surface area contributed by atoms with Crippen molar-refractivity contribution in [3.63, 3.8) is 0 Å². The van der Waals surface area contributed by atoms with E-state index in [0.717, 1.165) is 22.3 Å². The normalized spacial score (nSPS) is 10.4. The summed E-state index contributed by atoms with van der Waals surface area (Å²) < 4.78 is 2.83. The number of rotatable bonds is 3. The van der Waals surface area contributed by atoms with Crippen molar-refractivity contribution in [1.82, 2.24) is 4.57 Å². The van der Waals surface area contributed by atoms with Crippen LogP contribution in [0.5, 0.6) is 0 Å². The lowest BCUT2D eigenvalue weighted by Gasteiger charge is -2.09. The molecule has 1 heterocycles. The first-order valence-electron chi connectivity index (χ1n) is 5.84. The van der Waals surface area contributed by atoms with Gasteiger partial charge in [-0.1, -0.05) is 18.2 Å². The van der Waals surface area contributed by atoms with Crippen LogP contribution >= 0.6 is 15.9 Å². The first kappa shape index (κ1) is 12.9. The lowest BCUT2D eigenvalue weighted by Crippen LogP contribution is -2.16. The number of halogens is 1. The number of nitrogens with one attached hydrogen (secondary N) is 1. The topological polar surface area (TPSA) is 34.0 Å². The minimum atomic E-state index is -0.0862. The highest BCUT2D eigenvalue weighted by Crippen LogP contribution is 2.18. The third kappa shape index (κ3) is 2.64.